The van der Waals surface area contributed by atoms with E-state index in [9.17, 15) is 4.79 Å². The van der Waals surface area contributed by atoms with Gasteiger partial charge in [0.05, 0.1) is 0 Å². The molecule has 0 saturated heterocycles. The number of rotatable bonds is 5. The van der Waals surface area contributed by atoms with E-state index < -0.39 is 0 Å². The van der Waals surface area contributed by atoms with Gasteiger partial charge in [-0.05, 0) is 17.0 Å². The predicted molar refractivity (Wildman–Crippen MR) is 93.8 cm³/mol. The summed E-state index contributed by atoms with van der Waals surface area (Å²) in [5.41, 5.74) is 2.12. The van der Waals surface area contributed by atoms with Crippen LogP contribution in [0, 0.1) is 0 Å². The fourth-order valence-corrected chi connectivity index (χ4v) is 2.19. The minimum absolute atomic E-state index is 0.0633. The highest BCUT2D eigenvalue weighted by atomic mass is 16.1. The van der Waals surface area contributed by atoms with Crippen LogP contribution in [-0.4, -0.2) is 22.4 Å². The van der Waals surface area contributed by atoms with Crippen LogP contribution in [0.2, 0.25) is 0 Å². The molecule has 1 aromatic heterocycles. The van der Waals surface area contributed by atoms with Gasteiger partial charge in [-0.1, -0.05) is 45.0 Å². The van der Waals surface area contributed by atoms with Gasteiger partial charge < -0.3 is 10.6 Å². The van der Waals surface area contributed by atoms with Crippen molar-refractivity contribution in [2.45, 2.75) is 26.2 Å². The van der Waals surface area contributed by atoms with Gasteiger partial charge in [0.25, 0.3) is 5.91 Å². The first kappa shape index (κ1) is 16.7. The van der Waals surface area contributed by atoms with Crippen molar-refractivity contribution in [3.63, 3.8) is 0 Å². The average molecular weight is 310 g/mol. The minimum Gasteiger partial charge on any atom is -0.366 e. The Balaban J connectivity index is 2.21. The van der Waals surface area contributed by atoms with E-state index in [1.807, 2.05) is 24.3 Å². The Labute approximate surface area is 136 Å². The van der Waals surface area contributed by atoms with Gasteiger partial charge in [-0.15, -0.1) is 6.58 Å². The van der Waals surface area contributed by atoms with Crippen molar-refractivity contribution in [1.29, 1.82) is 0 Å². The highest BCUT2D eigenvalue weighted by molar-refractivity contribution is 6.03. The molecule has 1 amide bonds. The molecule has 0 radical (unpaired) electrons. The zero-order valence-corrected chi connectivity index (χ0v) is 13.8. The number of benzene rings is 1. The highest BCUT2D eigenvalue weighted by Crippen LogP contribution is 2.29. The SMILES string of the molecule is C=CCNc1cc(C(=O)Nc2ccccc2C(C)(C)C)ncn1. The quantitative estimate of drug-likeness (QED) is 0.828. The van der Waals surface area contributed by atoms with Crippen molar-refractivity contribution in [1.82, 2.24) is 9.97 Å². The molecule has 0 fully saturated rings. The summed E-state index contributed by atoms with van der Waals surface area (Å²) in [6, 6.07) is 9.42. The van der Waals surface area contributed by atoms with Crippen LogP contribution in [0.5, 0.6) is 0 Å². The van der Waals surface area contributed by atoms with Gasteiger partial charge in [-0.2, -0.15) is 0 Å². The van der Waals surface area contributed by atoms with E-state index in [0.29, 0.717) is 18.1 Å². The molecule has 0 spiro atoms. The first-order chi connectivity index (χ1) is 10.9. The van der Waals surface area contributed by atoms with Crippen molar-refractivity contribution < 1.29 is 4.79 Å². The van der Waals surface area contributed by atoms with E-state index in [4.69, 9.17) is 0 Å². The smallest absolute Gasteiger partial charge is 0.274 e. The monoisotopic (exact) mass is 310 g/mol. The van der Waals surface area contributed by atoms with Crippen LogP contribution >= 0.6 is 0 Å². The van der Waals surface area contributed by atoms with Gasteiger partial charge in [0.1, 0.15) is 17.8 Å². The highest BCUT2D eigenvalue weighted by Gasteiger charge is 2.19. The maximum Gasteiger partial charge on any atom is 0.274 e. The molecule has 2 aromatic rings. The molecule has 0 aliphatic rings. The molecule has 1 aromatic carbocycles. The van der Waals surface area contributed by atoms with Crippen molar-refractivity contribution in [2.24, 2.45) is 0 Å². The van der Waals surface area contributed by atoms with E-state index in [0.717, 1.165) is 11.3 Å². The molecule has 0 bridgehead atoms. The van der Waals surface area contributed by atoms with Crippen LogP contribution < -0.4 is 10.6 Å². The summed E-state index contributed by atoms with van der Waals surface area (Å²) in [5.74, 6) is 0.333. The third-order valence-electron chi connectivity index (χ3n) is 3.31. The van der Waals surface area contributed by atoms with E-state index in [2.05, 4.69) is 48.0 Å². The maximum atomic E-state index is 12.5. The normalized spacial score (nSPS) is 10.9. The summed E-state index contributed by atoms with van der Waals surface area (Å²) in [6.07, 6.45) is 3.09. The lowest BCUT2D eigenvalue weighted by Gasteiger charge is -2.22. The van der Waals surface area contributed by atoms with Gasteiger partial charge in [-0.3, -0.25) is 4.79 Å². The Bertz CT molecular complexity index is 704. The largest absolute Gasteiger partial charge is 0.366 e. The fraction of sp³-hybridized carbons (Fsp3) is 0.278. The Morgan fingerprint density at radius 2 is 2.00 bits per heavy atom. The lowest BCUT2D eigenvalue weighted by atomic mass is 9.86. The van der Waals surface area contributed by atoms with Gasteiger partial charge in [0.15, 0.2) is 0 Å². The van der Waals surface area contributed by atoms with Gasteiger partial charge >= 0.3 is 0 Å². The lowest BCUT2D eigenvalue weighted by molar-refractivity contribution is 0.102. The first-order valence-corrected chi connectivity index (χ1v) is 7.49. The van der Waals surface area contributed by atoms with E-state index >= 15 is 0 Å². The summed E-state index contributed by atoms with van der Waals surface area (Å²) in [6.45, 7) is 10.5. The van der Waals surface area contributed by atoms with Crippen molar-refractivity contribution in [3.05, 3.63) is 60.6 Å². The molecule has 5 nitrogen and oxygen atoms in total. The fourth-order valence-electron chi connectivity index (χ4n) is 2.19. The molecule has 1 heterocycles. The summed E-state index contributed by atoms with van der Waals surface area (Å²) >= 11 is 0. The second kappa shape index (κ2) is 7.05. The second-order valence-corrected chi connectivity index (χ2v) is 6.21. The maximum absolute atomic E-state index is 12.5. The third kappa shape index (κ3) is 4.39. The van der Waals surface area contributed by atoms with Crippen molar-refractivity contribution in [2.75, 3.05) is 17.2 Å². The van der Waals surface area contributed by atoms with Crippen LogP contribution in [-0.2, 0) is 5.41 Å². The van der Waals surface area contributed by atoms with Crippen LogP contribution in [0.1, 0.15) is 36.8 Å². The lowest BCUT2D eigenvalue weighted by Crippen LogP contribution is -2.19. The number of nitrogens with one attached hydrogen (secondary N) is 2. The number of nitrogens with zero attached hydrogens (tertiary/aromatic N) is 2. The molecular weight excluding hydrogens is 288 g/mol. The molecule has 23 heavy (non-hydrogen) atoms. The number of hydrogen-bond acceptors (Lipinski definition) is 4. The van der Waals surface area contributed by atoms with Crippen LogP contribution in [0.4, 0.5) is 11.5 Å². The number of anilines is 2. The van der Waals surface area contributed by atoms with Crippen molar-refractivity contribution in [3.8, 4) is 0 Å². The third-order valence-corrected chi connectivity index (χ3v) is 3.31. The molecular formula is C18H22N4O. The molecule has 0 unspecified atom stereocenters. The van der Waals surface area contributed by atoms with E-state index in [1.165, 1.54) is 6.33 Å². The van der Waals surface area contributed by atoms with Crippen LogP contribution in [0.3, 0.4) is 0 Å². The van der Waals surface area contributed by atoms with Crippen molar-refractivity contribution >= 4 is 17.4 Å². The van der Waals surface area contributed by atoms with Gasteiger partial charge in [-0.25, -0.2) is 9.97 Å². The molecule has 0 saturated carbocycles. The molecule has 0 atom stereocenters. The standard InChI is InChI=1S/C18H22N4O/c1-5-10-19-16-11-15(20-12-21-16)17(23)22-14-9-7-6-8-13(14)18(2,3)4/h5-9,11-12H,1,10H2,2-4H3,(H,22,23)(H,19,20,21). The summed E-state index contributed by atoms with van der Waals surface area (Å²) in [4.78, 5) is 20.6. The molecule has 2 N–H and O–H groups in total. The second-order valence-electron chi connectivity index (χ2n) is 6.21. The number of carbonyl (C=O) groups excluding carboxylic acids is 1. The Kier molecular flexibility index (Phi) is 5.11. The Morgan fingerprint density at radius 1 is 1.26 bits per heavy atom. The zero-order valence-electron chi connectivity index (χ0n) is 13.8. The molecule has 5 heteroatoms. The number of amides is 1. The zero-order chi connectivity index (χ0) is 16.9. The first-order valence-electron chi connectivity index (χ1n) is 7.49. The summed E-state index contributed by atoms with van der Waals surface area (Å²) < 4.78 is 0. The van der Waals surface area contributed by atoms with Crippen LogP contribution in [0.15, 0.2) is 49.3 Å². The summed E-state index contributed by atoms with van der Waals surface area (Å²) in [5, 5.41) is 5.98. The molecule has 0 aliphatic heterocycles. The topological polar surface area (TPSA) is 66.9 Å². The number of para-hydroxylation sites is 1. The Morgan fingerprint density at radius 3 is 2.70 bits per heavy atom. The summed E-state index contributed by atoms with van der Waals surface area (Å²) in [7, 11) is 0. The molecule has 120 valence electrons. The van der Waals surface area contributed by atoms with E-state index in [1.54, 1.807) is 12.1 Å². The number of hydrogen-bond donors (Lipinski definition) is 2. The predicted octanol–water partition coefficient (Wildman–Crippen LogP) is 3.62. The molecule has 2 rings (SSSR count). The molecule has 0 aliphatic carbocycles. The van der Waals surface area contributed by atoms with Gasteiger partial charge in [0.2, 0.25) is 0 Å². The van der Waals surface area contributed by atoms with Crippen LogP contribution in [0.25, 0.3) is 0 Å². The Hall–Kier alpha value is -2.69. The minimum atomic E-state index is -0.259. The van der Waals surface area contributed by atoms with Gasteiger partial charge in [0, 0.05) is 18.3 Å². The average Bonchev–Trinajstić information content (AvgIpc) is 2.52. The number of carbonyl (C=O) groups is 1. The number of aromatic nitrogens is 2. The van der Waals surface area contributed by atoms with E-state index in [-0.39, 0.29) is 11.3 Å².